The van der Waals surface area contributed by atoms with Gasteiger partial charge in [0.25, 0.3) is 0 Å². The van der Waals surface area contributed by atoms with Gasteiger partial charge in [0.05, 0.1) is 0 Å². The highest BCUT2D eigenvalue weighted by Crippen LogP contribution is 2.10. The van der Waals surface area contributed by atoms with E-state index in [-0.39, 0.29) is 11.8 Å². The zero-order valence-electron chi connectivity index (χ0n) is 12.3. The van der Waals surface area contributed by atoms with Gasteiger partial charge in [-0.15, -0.1) is 9.78 Å². The summed E-state index contributed by atoms with van der Waals surface area (Å²) in [6.45, 7) is 1.56. The van der Waals surface area contributed by atoms with Crippen molar-refractivity contribution in [1.29, 1.82) is 0 Å². The third-order valence-corrected chi connectivity index (χ3v) is 2.94. The fraction of sp³-hybridized carbons (Fsp3) is 0.357. The van der Waals surface area contributed by atoms with E-state index < -0.39 is 0 Å². The second-order valence-corrected chi connectivity index (χ2v) is 5.06. The Morgan fingerprint density at radius 3 is 2.33 bits per heavy atom. The zero-order chi connectivity index (χ0) is 15.4. The molecule has 0 bridgehead atoms. The van der Waals surface area contributed by atoms with Crippen molar-refractivity contribution < 1.29 is 9.59 Å². The van der Waals surface area contributed by atoms with Crippen molar-refractivity contribution in [3.63, 3.8) is 0 Å². The van der Waals surface area contributed by atoms with Crippen molar-refractivity contribution in [2.24, 2.45) is 0 Å². The summed E-state index contributed by atoms with van der Waals surface area (Å²) in [7, 11) is 3.29. The number of aromatic nitrogens is 4. The molecule has 0 spiro atoms. The second kappa shape index (κ2) is 6.25. The Morgan fingerprint density at radius 1 is 1.14 bits per heavy atom. The lowest BCUT2D eigenvalue weighted by atomic mass is 10.1. The van der Waals surface area contributed by atoms with E-state index in [0.717, 1.165) is 11.1 Å². The summed E-state index contributed by atoms with van der Waals surface area (Å²) in [5.41, 5.74) is 1.94. The first-order valence-corrected chi connectivity index (χ1v) is 6.53. The Morgan fingerprint density at radius 2 is 1.76 bits per heavy atom. The van der Waals surface area contributed by atoms with Crippen molar-refractivity contribution >= 4 is 11.8 Å². The summed E-state index contributed by atoms with van der Waals surface area (Å²) < 4.78 is 1.18. The topological polar surface area (TPSA) is 81.0 Å². The molecule has 1 amide bonds. The number of rotatable bonds is 4. The number of hydrogen-bond donors (Lipinski definition) is 0. The molecule has 21 heavy (non-hydrogen) atoms. The van der Waals surface area contributed by atoms with Crippen LogP contribution in [-0.4, -0.2) is 51.0 Å². The fourth-order valence-electron chi connectivity index (χ4n) is 1.90. The van der Waals surface area contributed by atoms with Crippen LogP contribution in [0, 0.1) is 0 Å². The molecule has 0 N–H and O–H groups in total. The van der Waals surface area contributed by atoms with Gasteiger partial charge in [-0.3, -0.25) is 4.79 Å². The number of ketones is 1. The lowest BCUT2D eigenvalue weighted by Crippen LogP contribution is -2.29. The van der Waals surface area contributed by atoms with Crippen LogP contribution in [0.3, 0.4) is 0 Å². The van der Waals surface area contributed by atoms with Crippen LogP contribution in [0.4, 0.5) is 4.79 Å². The molecule has 0 radical (unpaired) electrons. The second-order valence-electron chi connectivity index (χ2n) is 5.06. The Labute approximate surface area is 122 Å². The van der Waals surface area contributed by atoms with Crippen LogP contribution >= 0.6 is 0 Å². The minimum atomic E-state index is -0.289. The van der Waals surface area contributed by atoms with Crippen LogP contribution in [0.25, 0.3) is 0 Å². The zero-order valence-corrected chi connectivity index (χ0v) is 12.3. The minimum absolute atomic E-state index is 0.128. The maximum absolute atomic E-state index is 11.9. The maximum Gasteiger partial charge on any atom is 0.347 e. The number of nitrogens with zero attached hydrogens (tertiary/aromatic N) is 5. The van der Waals surface area contributed by atoms with Crippen LogP contribution < -0.4 is 0 Å². The molecule has 0 saturated carbocycles. The Balaban J connectivity index is 2.14. The Bertz CT molecular complexity index is 646. The SMILES string of the molecule is CC(=O)Cc1ccc(Cc2nnnn2C(=O)N(C)C)cc1. The molecule has 7 heteroatoms. The molecule has 2 aromatic rings. The van der Waals surface area contributed by atoms with Crippen LogP contribution in [0.15, 0.2) is 24.3 Å². The van der Waals surface area contributed by atoms with Gasteiger partial charge in [0, 0.05) is 26.9 Å². The van der Waals surface area contributed by atoms with E-state index in [1.54, 1.807) is 21.0 Å². The molecule has 0 aliphatic carbocycles. The molecule has 0 saturated heterocycles. The van der Waals surface area contributed by atoms with Crippen LogP contribution in [0.5, 0.6) is 0 Å². The molecule has 1 heterocycles. The number of carbonyl (C=O) groups excluding carboxylic acids is 2. The van der Waals surface area contributed by atoms with Crippen molar-refractivity contribution in [2.75, 3.05) is 14.1 Å². The number of tetrazole rings is 1. The van der Waals surface area contributed by atoms with Gasteiger partial charge >= 0.3 is 6.03 Å². The van der Waals surface area contributed by atoms with Crippen LogP contribution in [0.1, 0.15) is 23.9 Å². The van der Waals surface area contributed by atoms with E-state index in [2.05, 4.69) is 15.5 Å². The van der Waals surface area contributed by atoms with Gasteiger partial charge in [-0.25, -0.2) is 4.79 Å². The molecule has 2 rings (SSSR count). The predicted octanol–water partition coefficient (Wildman–Crippen LogP) is 0.925. The standard InChI is InChI=1S/C14H17N5O2/c1-10(20)8-11-4-6-12(7-5-11)9-13-15-16-17-19(13)14(21)18(2)3/h4-7H,8-9H2,1-3H3. The average Bonchev–Trinajstić information content (AvgIpc) is 2.87. The summed E-state index contributed by atoms with van der Waals surface area (Å²) in [6, 6.07) is 7.34. The molecule has 1 aromatic carbocycles. The van der Waals surface area contributed by atoms with E-state index in [1.807, 2.05) is 24.3 Å². The third-order valence-electron chi connectivity index (χ3n) is 2.94. The number of carbonyl (C=O) groups is 2. The van der Waals surface area contributed by atoms with E-state index in [9.17, 15) is 9.59 Å². The smallest absolute Gasteiger partial charge is 0.329 e. The number of amides is 1. The highest BCUT2D eigenvalue weighted by atomic mass is 16.2. The summed E-state index contributed by atoms with van der Waals surface area (Å²) in [6.07, 6.45) is 0.879. The normalized spacial score (nSPS) is 10.4. The van der Waals surface area contributed by atoms with Gasteiger partial charge in [0.15, 0.2) is 5.82 Å². The first kappa shape index (κ1) is 14.8. The number of benzene rings is 1. The van der Waals surface area contributed by atoms with Crippen molar-refractivity contribution in [2.45, 2.75) is 19.8 Å². The molecular formula is C14H17N5O2. The average molecular weight is 287 g/mol. The van der Waals surface area contributed by atoms with Gasteiger partial charge in [0.1, 0.15) is 5.78 Å². The van der Waals surface area contributed by atoms with Gasteiger partial charge in [-0.05, 0) is 28.5 Å². The summed E-state index contributed by atoms with van der Waals surface area (Å²) in [5.74, 6) is 0.608. The highest BCUT2D eigenvalue weighted by molar-refractivity contribution is 5.78. The van der Waals surface area contributed by atoms with Crippen LogP contribution in [0.2, 0.25) is 0 Å². The first-order valence-electron chi connectivity index (χ1n) is 6.53. The van der Waals surface area contributed by atoms with Gasteiger partial charge < -0.3 is 4.90 Å². The molecule has 0 atom stereocenters. The summed E-state index contributed by atoms with van der Waals surface area (Å²) in [4.78, 5) is 24.4. The maximum atomic E-state index is 11.9. The fourth-order valence-corrected chi connectivity index (χ4v) is 1.90. The predicted molar refractivity (Wildman–Crippen MR) is 75.9 cm³/mol. The minimum Gasteiger partial charge on any atom is -0.329 e. The van der Waals surface area contributed by atoms with E-state index >= 15 is 0 Å². The summed E-state index contributed by atoms with van der Waals surface area (Å²) >= 11 is 0. The molecule has 0 aliphatic heterocycles. The first-order chi connectivity index (χ1) is 9.97. The van der Waals surface area contributed by atoms with Crippen molar-refractivity contribution in [3.8, 4) is 0 Å². The Hall–Kier alpha value is -2.57. The van der Waals surface area contributed by atoms with Crippen LogP contribution in [-0.2, 0) is 17.6 Å². The van der Waals surface area contributed by atoms with E-state index in [1.165, 1.54) is 9.58 Å². The van der Waals surface area contributed by atoms with E-state index in [4.69, 9.17) is 0 Å². The quantitative estimate of drug-likeness (QED) is 0.781. The van der Waals surface area contributed by atoms with Crippen molar-refractivity contribution in [3.05, 3.63) is 41.2 Å². The molecular weight excluding hydrogens is 270 g/mol. The highest BCUT2D eigenvalue weighted by Gasteiger charge is 2.15. The van der Waals surface area contributed by atoms with Crippen molar-refractivity contribution in [1.82, 2.24) is 25.1 Å². The van der Waals surface area contributed by atoms with Gasteiger partial charge in [-0.2, -0.15) is 0 Å². The summed E-state index contributed by atoms with van der Waals surface area (Å²) in [5, 5.41) is 11.1. The lowest BCUT2D eigenvalue weighted by molar-refractivity contribution is -0.116. The Kier molecular flexibility index (Phi) is 4.42. The van der Waals surface area contributed by atoms with E-state index in [0.29, 0.717) is 18.7 Å². The lowest BCUT2D eigenvalue weighted by Gasteiger charge is -2.10. The largest absolute Gasteiger partial charge is 0.347 e. The molecule has 110 valence electrons. The molecule has 7 nitrogen and oxygen atoms in total. The molecule has 0 fully saturated rings. The molecule has 0 aliphatic rings. The van der Waals surface area contributed by atoms with Gasteiger partial charge in [0.2, 0.25) is 0 Å². The number of hydrogen-bond acceptors (Lipinski definition) is 5. The molecule has 0 unspecified atom stereocenters. The number of Topliss-reactive ketones (excluding diaryl/α,β-unsaturated/α-hetero) is 1. The third kappa shape index (κ3) is 3.71. The monoisotopic (exact) mass is 287 g/mol. The molecule has 1 aromatic heterocycles. The van der Waals surface area contributed by atoms with Gasteiger partial charge in [-0.1, -0.05) is 24.3 Å².